The maximum atomic E-state index is 12.4. The Labute approximate surface area is 119 Å². The van der Waals surface area contributed by atoms with Crippen LogP contribution in [0.1, 0.15) is 80.1 Å². The summed E-state index contributed by atoms with van der Waals surface area (Å²) >= 11 is 0. The SMILES string of the molecule is CCC(C)(C)C(C)C(=O)OC(C)(C)C1CCCCC1. The molecule has 0 aliphatic heterocycles. The lowest BCUT2D eigenvalue weighted by Gasteiger charge is -2.39. The normalized spacial score (nSPS) is 20.1. The predicted octanol–water partition coefficient (Wildman–Crippen LogP) is 4.96. The molecule has 1 atom stereocenters. The van der Waals surface area contributed by atoms with Gasteiger partial charge in [-0.15, -0.1) is 0 Å². The molecular formula is C17H32O2. The fraction of sp³-hybridized carbons (Fsp3) is 0.941. The summed E-state index contributed by atoms with van der Waals surface area (Å²) in [5, 5.41) is 0. The van der Waals surface area contributed by atoms with E-state index in [1.807, 2.05) is 6.92 Å². The molecule has 19 heavy (non-hydrogen) atoms. The minimum Gasteiger partial charge on any atom is -0.459 e. The third-order valence-electron chi connectivity index (χ3n) is 5.39. The molecule has 2 nitrogen and oxygen atoms in total. The van der Waals surface area contributed by atoms with Crippen LogP contribution in [0.15, 0.2) is 0 Å². The second-order valence-electron chi connectivity index (χ2n) is 7.42. The van der Waals surface area contributed by atoms with Gasteiger partial charge in [0.1, 0.15) is 5.60 Å². The van der Waals surface area contributed by atoms with Crippen LogP contribution in [-0.4, -0.2) is 11.6 Å². The number of esters is 1. The molecule has 1 saturated carbocycles. The van der Waals surface area contributed by atoms with Crippen LogP contribution in [-0.2, 0) is 9.53 Å². The van der Waals surface area contributed by atoms with Crippen LogP contribution in [0.4, 0.5) is 0 Å². The van der Waals surface area contributed by atoms with Crippen LogP contribution in [0.25, 0.3) is 0 Å². The van der Waals surface area contributed by atoms with Crippen LogP contribution in [0.2, 0.25) is 0 Å². The van der Waals surface area contributed by atoms with E-state index in [4.69, 9.17) is 4.74 Å². The van der Waals surface area contributed by atoms with Crippen molar-refractivity contribution in [1.82, 2.24) is 0 Å². The highest BCUT2D eigenvalue weighted by molar-refractivity contribution is 5.73. The van der Waals surface area contributed by atoms with E-state index in [0.29, 0.717) is 5.92 Å². The van der Waals surface area contributed by atoms with E-state index >= 15 is 0 Å². The molecule has 0 N–H and O–H groups in total. The second-order valence-corrected chi connectivity index (χ2v) is 7.42. The Balaban J connectivity index is 2.64. The second kappa shape index (κ2) is 6.28. The fourth-order valence-corrected chi connectivity index (χ4v) is 2.85. The molecule has 0 amide bonds. The molecule has 1 rings (SSSR count). The van der Waals surface area contributed by atoms with E-state index in [1.165, 1.54) is 32.1 Å². The van der Waals surface area contributed by atoms with Crippen LogP contribution in [0.3, 0.4) is 0 Å². The first-order valence-corrected chi connectivity index (χ1v) is 7.93. The first-order valence-electron chi connectivity index (χ1n) is 7.93. The molecule has 0 aromatic heterocycles. The van der Waals surface area contributed by atoms with Gasteiger partial charge in [-0.2, -0.15) is 0 Å². The van der Waals surface area contributed by atoms with E-state index in [0.717, 1.165) is 6.42 Å². The number of ether oxygens (including phenoxy) is 1. The molecule has 1 unspecified atom stereocenters. The summed E-state index contributed by atoms with van der Waals surface area (Å²) in [4.78, 5) is 12.4. The highest BCUT2D eigenvalue weighted by Crippen LogP contribution is 2.37. The third kappa shape index (κ3) is 4.22. The van der Waals surface area contributed by atoms with Gasteiger partial charge in [-0.1, -0.05) is 53.4 Å². The van der Waals surface area contributed by atoms with Crippen LogP contribution < -0.4 is 0 Å². The van der Waals surface area contributed by atoms with Gasteiger partial charge in [0.05, 0.1) is 5.92 Å². The zero-order valence-electron chi connectivity index (χ0n) is 13.7. The van der Waals surface area contributed by atoms with Crippen LogP contribution in [0, 0.1) is 17.3 Å². The zero-order valence-corrected chi connectivity index (χ0v) is 13.7. The van der Waals surface area contributed by atoms with Gasteiger partial charge in [0.15, 0.2) is 0 Å². The molecule has 2 heteroatoms. The highest BCUT2D eigenvalue weighted by atomic mass is 16.6. The Morgan fingerprint density at radius 1 is 1.16 bits per heavy atom. The molecule has 0 aromatic carbocycles. The van der Waals surface area contributed by atoms with Gasteiger partial charge in [0.25, 0.3) is 0 Å². The van der Waals surface area contributed by atoms with Crippen molar-refractivity contribution in [2.45, 2.75) is 85.7 Å². The van der Waals surface area contributed by atoms with E-state index in [-0.39, 0.29) is 22.9 Å². The number of hydrogen-bond donors (Lipinski definition) is 0. The molecule has 1 fully saturated rings. The van der Waals surface area contributed by atoms with Gasteiger partial charge in [-0.25, -0.2) is 0 Å². The molecule has 0 heterocycles. The summed E-state index contributed by atoms with van der Waals surface area (Å²) in [5.74, 6) is 0.463. The number of hydrogen-bond acceptors (Lipinski definition) is 2. The standard InChI is InChI=1S/C17H32O2/c1-7-16(3,4)13(2)15(18)19-17(5,6)14-11-9-8-10-12-14/h13-14H,7-12H2,1-6H3. The molecule has 0 radical (unpaired) electrons. The summed E-state index contributed by atoms with van der Waals surface area (Å²) in [6.07, 6.45) is 7.29. The van der Waals surface area contributed by atoms with E-state index in [1.54, 1.807) is 0 Å². The largest absolute Gasteiger partial charge is 0.459 e. The lowest BCUT2D eigenvalue weighted by atomic mass is 9.76. The molecule has 0 aromatic rings. The van der Waals surface area contributed by atoms with Crippen molar-refractivity contribution in [1.29, 1.82) is 0 Å². The molecule has 1 aliphatic rings. The van der Waals surface area contributed by atoms with Crippen molar-refractivity contribution in [3.05, 3.63) is 0 Å². The third-order valence-corrected chi connectivity index (χ3v) is 5.39. The lowest BCUT2D eigenvalue weighted by Crippen LogP contribution is -2.41. The van der Waals surface area contributed by atoms with Gasteiger partial charge in [-0.05, 0) is 38.0 Å². The molecule has 112 valence electrons. The Morgan fingerprint density at radius 2 is 1.68 bits per heavy atom. The maximum Gasteiger partial charge on any atom is 0.309 e. The first kappa shape index (κ1) is 16.5. The smallest absolute Gasteiger partial charge is 0.309 e. The van der Waals surface area contributed by atoms with Crippen molar-refractivity contribution < 1.29 is 9.53 Å². The Hall–Kier alpha value is -0.530. The number of carbonyl (C=O) groups is 1. The zero-order chi connectivity index (χ0) is 14.7. The predicted molar refractivity (Wildman–Crippen MR) is 80.0 cm³/mol. The maximum absolute atomic E-state index is 12.4. The summed E-state index contributed by atoms with van der Waals surface area (Å²) in [6, 6.07) is 0. The van der Waals surface area contributed by atoms with Gasteiger partial charge in [-0.3, -0.25) is 4.79 Å². The Morgan fingerprint density at radius 3 is 2.16 bits per heavy atom. The summed E-state index contributed by atoms with van der Waals surface area (Å²) in [5.41, 5.74) is -0.296. The van der Waals surface area contributed by atoms with Crippen molar-refractivity contribution in [3.63, 3.8) is 0 Å². The molecule has 1 aliphatic carbocycles. The van der Waals surface area contributed by atoms with Crippen molar-refractivity contribution in [2.24, 2.45) is 17.3 Å². The average molecular weight is 268 g/mol. The van der Waals surface area contributed by atoms with Crippen molar-refractivity contribution in [2.75, 3.05) is 0 Å². The van der Waals surface area contributed by atoms with E-state index in [9.17, 15) is 4.79 Å². The minimum absolute atomic E-state index is 0.0136. The average Bonchev–Trinajstić information content (AvgIpc) is 2.38. The lowest BCUT2D eigenvalue weighted by molar-refractivity contribution is -0.171. The Bertz CT molecular complexity index is 298. The van der Waals surface area contributed by atoms with Crippen molar-refractivity contribution >= 4 is 5.97 Å². The fourth-order valence-electron chi connectivity index (χ4n) is 2.85. The summed E-state index contributed by atoms with van der Waals surface area (Å²) in [6.45, 7) is 12.6. The quantitative estimate of drug-likeness (QED) is 0.659. The van der Waals surface area contributed by atoms with Crippen molar-refractivity contribution in [3.8, 4) is 0 Å². The van der Waals surface area contributed by atoms with Gasteiger partial charge in [0, 0.05) is 0 Å². The van der Waals surface area contributed by atoms with Crippen LogP contribution in [0.5, 0.6) is 0 Å². The number of rotatable bonds is 5. The monoisotopic (exact) mass is 268 g/mol. The highest BCUT2D eigenvalue weighted by Gasteiger charge is 2.38. The molecule has 0 bridgehead atoms. The summed E-state index contributed by atoms with van der Waals surface area (Å²) < 4.78 is 5.89. The molecule has 0 saturated heterocycles. The topological polar surface area (TPSA) is 26.3 Å². The van der Waals surface area contributed by atoms with E-state index in [2.05, 4.69) is 34.6 Å². The van der Waals surface area contributed by atoms with Crippen LogP contribution >= 0.6 is 0 Å². The van der Waals surface area contributed by atoms with Gasteiger partial charge in [0.2, 0.25) is 0 Å². The molecule has 0 spiro atoms. The first-order chi connectivity index (χ1) is 8.70. The number of carbonyl (C=O) groups excluding carboxylic acids is 1. The summed E-state index contributed by atoms with van der Waals surface area (Å²) in [7, 11) is 0. The van der Waals surface area contributed by atoms with Gasteiger partial charge >= 0.3 is 5.97 Å². The van der Waals surface area contributed by atoms with Gasteiger partial charge < -0.3 is 4.74 Å². The Kier molecular flexibility index (Phi) is 5.46. The van der Waals surface area contributed by atoms with E-state index < -0.39 is 0 Å². The minimum atomic E-state index is -0.310. The molecular weight excluding hydrogens is 236 g/mol.